The van der Waals surface area contributed by atoms with Gasteiger partial charge in [-0.1, -0.05) is 42.3 Å². The number of hydrogen-bond donors (Lipinski definition) is 2. The van der Waals surface area contributed by atoms with E-state index in [1.165, 1.54) is 6.07 Å². The summed E-state index contributed by atoms with van der Waals surface area (Å²) in [6.45, 7) is 1.87. The van der Waals surface area contributed by atoms with Gasteiger partial charge < -0.3 is 5.73 Å². The number of anilines is 2. The molecule has 0 aliphatic heterocycles. The Morgan fingerprint density at radius 2 is 1.90 bits per heavy atom. The zero-order valence-electron chi connectivity index (χ0n) is 11.2. The van der Waals surface area contributed by atoms with Crippen LogP contribution in [0, 0.1) is 0 Å². The molecule has 0 radical (unpaired) electrons. The molecule has 2 rings (SSSR count). The molecule has 0 bridgehead atoms. The smallest absolute Gasteiger partial charge is 0.262 e. The van der Waals surface area contributed by atoms with E-state index in [0.717, 1.165) is 0 Å². The van der Waals surface area contributed by atoms with Gasteiger partial charge in [0.1, 0.15) is 0 Å². The lowest BCUT2D eigenvalue weighted by Gasteiger charge is -2.13. The first-order valence-electron chi connectivity index (χ1n) is 6.20. The first kappa shape index (κ1) is 15.9. The summed E-state index contributed by atoms with van der Waals surface area (Å²) < 4.78 is 27.5. The summed E-state index contributed by atoms with van der Waals surface area (Å²) in [5, 5.41) is 0.435. The number of rotatable bonds is 4. The average molecular weight is 345 g/mol. The Balaban J connectivity index is 2.48. The molecule has 0 saturated carbocycles. The van der Waals surface area contributed by atoms with Gasteiger partial charge in [-0.15, -0.1) is 0 Å². The molecule has 0 fully saturated rings. The molecule has 4 nitrogen and oxygen atoms in total. The Morgan fingerprint density at radius 1 is 1.19 bits per heavy atom. The minimum absolute atomic E-state index is 0.140. The van der Waals surface area contributed by atoms with Crippen LogP contribution < -0.4 is 10.5 Å². The third-order valence-corrected chi connectivity index (χ3v) is 5.22. The topological polar surface area (TPSA) is 72.2 Å². The van der Waals surface area contributed by atoms with E-state index in [-0.39, 0.29) is 20.6 Å². The fourth-order valence-corrected chi connectivity index (χ4v) is 3.72. The standard InChI is InChI=1S/C14H14Cl2N2O2S/c1-2-9-6-7-10(17)8-13(9)21(19,20)18-12-5-3-4-11(15)14(12)16/h3-8,18H,2,17H2,1H3. The molecule has 112 valence electrons. The van der Waals surface area contributed by atoms with E-state index in [4.69, 9.17) is 28.9 Å². The molecule has 2 aromatic carbocycles. The Hall–Kier alpha value is -1.43. The normalized spacial score (nSPS) is 11.4. The molecule has 0 aromatic heterocycles. The number of aryl methyl sites for hydroxylation is 1. The van der Waals surface area contributed by atoms with Gasteiger partial charge in [-0.3, -0.25) is 4.72 Å². The summed E-state index contributed by atoms with van der Waals surface area (Å²) in [6.07, 6.45) is 0.569. The maximum atomic E-state index is 12.5. The molecular weight excluding hydrogens is 331 g/mol. The van der Waals surface area contributed by atoms with Gasteiger partial charge in [-0.25, -0.2) is 8.42 Å². The van der Waals surface area contributed by atoms with Crippen molar-refractivity contribution in [1.29, 1.82) is 0 Å². The number of hydrogen-bond acceptors (Lipinski definition) is 3. The number of halogens is 2. The predicted molar refractivity (Wildman–Crippen MR) is 87.5 cm³/mol. The number of sulfonamides is 1. The fraction of sp³-hybridized carbons (Fsp3) is 0.143. The lowest BCUT2D eigenvalue weighted by Crippen LogP contribution is -2.15. The van der Waals surface area contributed by atoms with Crippen molar-refractivity contribution in [1.82, 2.24) is 0 Å². The highest BCUT2D eigenvalue weighted by Gasteiger charge is 2.20. The van der Waals surface area contributed by atoms with Gasteiger partial charge in [0.15, 0.2) is 0 Å². The zero-order chi connectivity index (χ0) is 15.6. The molecule has 21 heavy (non-hydrogen) atoms. The van der Waals surface area contributed by atoms with Crippen LogP contribution in [0.1, 0.15) is 12.5 Å². The van der Waals surface area contributed by atoms with Crippen LogP contribution >= 0.6 is 23.2 Å². The van der Waals surface area contributed by atoms with Crippen LogP contribution in [0.3, 0.4) is 0 Å². The maximum Gasteiger partial charge on any atom is 0.262 e. The van der Waals surface area contributed by atoms with E-state index in [2.05, 4.69) is 4.72 Å². The molecule has 3 N–H and O–H groups in total. The Labute approximate surface area is 133 Å². The van der Waals surface area contributed by atoms with Crippen LogP contribution in [0.15, 0.2) is 41.3 Å². The molecule has 0 spiro atoms. The third-order valence-electron chi connectivity index (χ3n) is 2.96. The van der Waals surface area contributed by atoms with Crippen LogP contribution in [0.5, 0.6) is 0 Å². The molecular formula is C14H14Cl2N2O2S. The van der Waals surface area contributed by atoms with E-state index in [1.807, 2.05) is 6.92 Å². The van der Waals surface area contributed by atoms with Gasteiger partial charge in [0, 0.05) is 5.69 Å². The fourth-order valence-electron chi connectivity index (χ4n) is 1.90. The second-order valence-electron chi connectivity index (χ2n) is 4.43. The van der Waals surface area contributed by atoms with Crippen molar-refractivity contribution in [2.75, 3.05) is 10.5 Å². The quantitative estimate of drug-likeness (QED) is 0.825. The average Bonchev–Trinajstić information content (AvgIpc) is 2.44. The van der Waals surface area contributed by atoms with Crippen LogP contribution in [-0.2, 0) is 16.4 Å². The van der Waals surface area contributed by atoms with Gasteiger partial charge >= 0.3 is 0 Å². The summed E-state index contributed by atoms with van der Waals surface area (Å²) in [6, 6.07) is 9.54. The SMILES string of the molecule is CCc1ccc(N)cc1S(=O)(=O)Nc1cccc(Cl)c1Cl. The van der Waals surface area contributed by atoms with Crippen molar-refractivity contribution < 1.29 is 8.42 Å². The lowest BCUT2D eigenvalue weighted by molar-refractivity contribution is 0.600. The summed E-state index contributed by atoms with van der Waals surface area (Å²) in [5.74, 6) is 0. The van der Waals surface area contributed by atoms with Crippen LogP contribution in [0.25, 0.3) is 0 Å². The minimum atomic E-state index is -3.79. The van der Waals surface area contributed by atoms with Gasteiger partial charge in [0.25, 0.3) is 10.0 Å². The van der Waals surface area contributed by atoms with Gasteiger partial charge in [0.2, 0.25) is 0 Å². The van der Waals surface area contributed by atoms with Gasteiger partial charge in [-0.05, 0) is 36.2 Å². The predicted octanol–water partition coefficient (Wildman–Crippen LogP) is 3.94. The largest absolute Gasteiger partial charge is 0.399 e. The number of benzene rings is 2. The Morgan fingerprint density at radius 3 is 2.57 bits per heavy atom. The maximum absolute atomic E-state index is 12.5. The van der Waals surface area contributed by atoms with Crippen molar-refractivity contribution >= 4 is 44.6 Å². The molecule has 0 atom stereocenters. The summed E-state index contributed by atoms with van der Waals surface area (Å²) in [5.41, 5.74) is 6.97. The molecule has 7 heteroatoms. The molecule has 0 aliphatic rings. The van der Waals surface area contributed by atoms with Crippen LogP contribution in [0.4, 0.5) is 11.4 Å². The summed E-state index contributed by atoms with van der Waals surface area (Å²) >= 11 is 11.9. The number of nitrogens with two attached hydrogens (primary N) is 1. The van der Waals surface area contributed by atoms with Gasteiger partial charge in [0.05, 0.1) is 20.6 Å². The van der Waals surface area contributed by atoms with Crippen molar-refractivity contribution in [3.05, 3.63) is 52.0 Å². The zero-order valence-corrected chi connectivity index (χ0v) is 13.6. The first-order valence-corrected chi connectivity index (χ1v) is 8.44. The van der Waals surface area contributed by atoms with Crippen molar-refractivity contribution in [3.8, 4) is 0 Å². The number of nitrogens with one attached hydrogen (secondary N) is 1. The highest BCUT2D eigenvalue weighted by molar-refractivity contribution is 7.92. The molecule has 0 unspecified atom stereocenters. The minimum Gasteiger partial charge on any atom is -0.399 e. The van der Waals surface area contributed by atoms with Crippen LogP contribution in [0.2, 0.25) is 10.0 Å². The van der Waals surface area contributed by atoms with Crippen LogP contribution in [-0.4, -0.2) is 8.42 Å². The van der Waals surface area contributed by atoms with Gasteiger partial charge in [-0.2, -0.15) is 0 Å². The first-order chi connectivity index (χ1) is 9.85. The number of nitrogen functional groups attached to an aromatic ring is 1. The molecule has 0 amide bonds. The van der Waals surface area contributed by atoms with E-state index in [9.17, 15) is 8.42 Å². The van der Waals surface area contributed by atoms with E-state index in [0.29, 0.717) is 17.7 Å². The van der Waals surface area contributed by atoms with E-state index < -0.39 is 10.0 Å². The van der Waals surface area contributed by atoms with Crippen molar-refractivity contribution in [2.45, 2.75) is 18.2 Å². The highest BCUT2D eigenvalue weighted by atomic mass is 35.5. The summed E-state index contributed by atoms with van der Waals surface area (Å²) in [4.78, 5) is 0.140. The molecule has 0 saturated heterocycles. The molecule has 0 aliphatic carbocycles. The Bertz CT molecular complexity index is 777. The summed E-state index contributed by atoms with van der Waals surface area (Å²) in [7, 11) is -3.79. The monoisotopic (exact) mass is 344 g/mol. The highest BCUT2D eigenvalue weighted by Crippen LogP contribution is 2.32. The second kappa shape index (κ2) is 6.13. The van der Waals surface area contributed by atoms with Crippen molar-refractivity contribution in [3.63, 3.8) is 0 Å². The third kappa shape index (κ3) is 3.43. The van der Waals surface area contributed by atoms with E-state index in [1.54, 1.807) is 30.3 Å². The molecule has 0 heterocycles. The molecule has 2 aromatic rings. The van der Waals surface area contributed by atoms with Crippen molar-refractivity contribution in [2.24, 2.45) is 0 Å². The Kier molecular flexibility index (Phi) is 4.66. The van der Waals surface area contributed by atoms with E-state index >= 15 is 0 Å². The second-order valence-corrected chi connectivity index (χ2v) is 6.86. The lowest BCUT2D eigenvalue weighted by atomic mass is 10.1.